The first-order valence-corrected chi connectivity index (χ1v) is 12.5. The predicted octanol–water partition coefficient (Wildman–Crippen LogP) is 5.13. The van der Waals surface area contributed by atoms with Crippen molar-refractivity contribution in [1.82, 2.24) is 15.6 Å². The van der Waals surface area contributed by atoms with E-state index in [-0.39, 0.29) is 11.7 Å². The van der Waals surface area contributed by atoms with Gasteiger partial charge in [0.05, 0.1) is 25.7 Å². The Kier molecular flexibility index (Phi) is 9.22. The van der Waals surface area contributed by atoms with Crippen LogP contribution < -0.4 is 14.9 Å². The average Bonchev–Trinajstić information content (AvgIpc) is 3.28. The summed E-state index contributed by atoms with van der Waals surface area (Å²) in [6, 6.07) is 13.2. The molecule has 7 nitrogen and oxygen atoms in total. The van der Waals surface area contributed by atoms with Crippen molar-refractivity contribution < 1.29 is 14.3 Å². The number of carbonyl (C=O) groups excluding carboxylic acids is 1. The van der Waals surface area contributed by atoms with E-state index in [4.69, 9.17) is 21.1 Å². The van der Waals surface area contributed by atoms with Crippen LogP contribution in [0.4, 0.5) is 0 Å². The minimum absolute atomic E-state index is 0.194. The number of thioether (sulfide) groups is 2. The summed E-state index contributed by atoms with van der Waals surface area (Å²) in [4.78, 5) is 12.2. The second-order valence-electron chi connectivity index (χ2n) is 6.34. The van der Waals surface area contributed by atoms with Crippen LogP contribution in [0, 0.1) is 0 Å². The molecule has 1 aromatic heterocycles. The summed E-state index contributed by atoms with van der Waals surface area (Å²) in [5.41, 5.74) is 5.21. The van der Waals surface area contributed by atoms with Crippen LogP contribution in [0.3, 0.4) is 0 Å². The Morgan fingerprint density at radius 1 is 1.06 bits per heavy atom. The minimum atomic E-state index is -0.222. The third-order valence-electron chi connectivity index (χ3n) is 4.14. The fourth-order valence-electron chi connectivity index (χ4n) is 2.47. The van der Waals surface area contributed by atoms with E-state index in [1.807, 2.05) is 43.3 Å². The second-order valence-corrected chi connectivity index (χ2v) is 10.2. The lowest BCUT2D eigenvalue weighted by atomic mass is 10.1. The Morgan fingerprint density at radius 2 is 1.75 bits per heavy atom. The molecule has 0 saturated heterocycles. The lowest BCUT2D eigenvalue weighted by Crippen LogP contribution is -2.21. The number of halogens is 1. The summed E-state index contributed by atoms with van der Waals surface area (Å²) in [6.45, 7) is 1.81. The molecule has 0 aliphatic heterocycles. The van der Waals surface area contributed by atoms with Gasteiger partial charge < -0.3 is 9.47 Å². The van der Waals surface area contributed by atoms with Gasteiger partial charge in [-0.25, -0.2) is 5.43 Å². The molecule has 0 aliphatic rings. The number of aromatic nitrogens is 2. The van der Waals surface area contributed by atoms with E-state index in [0.717, 1.165) is 30.6 Å². The summed E-state index contributed by atoms with van der Waals surface area (Å²) in [7, 11) is 3.15. The van der Waals surface area contributed by atoms with Crippen LogP contribution in [-0.4, -0.2) is 41.8 Å². The van der Waals surface area contributed by atoms with Gasteiger partial charge in [0, 0.05) is 16.3 Å². The number of amides is 1. The van der Waals surface area contributed by atoms with E-state index >= 15 is 0 Å². The first-order chi connectivity index (χ1) is 15.5. The lowest BCUT2D eigenvalue weighted by molar-refractivity contribution is -0.118. The molecule has 0 saturated carbocycles. The van der Waals surface area contributed by atoms with E-state index in [1.54, 1.807) is 32.0 Å². The maximum Gasteiger partial charge on any atom is 0.250 e. The topological polar surface area (TPSA) is 85.7 Å². The molecule has 0 radical (unpaired) electrons. The highest BCUT2D eigenvalue weighted by Crippen LogP contribution is 2.31. The summed E-state index contributed by atoms with van der Waals surface area (Å²) in [6.07, 6.45) is 0. The van der Waals surface area contributed by atoms with E-state index in [2.05, 4.69) is 20.7 Å². The normalized spacial score (nSPS) is 11.3. The maximum atomic E-state index is 12.2. The molecule has 3 aromatic rings. The summed E-state index contributed by atoms with van der Waals surface area (Å²) in [5.74, 6) is 1.98. The first-order valence-electron chi connectivity index (χ1n) is 9.37. The van der Waals surface area contributed by atoms with Gasteiger partial charge in [-0.15, -0.1) is 10.2 Å². The molecular weight excluding hydrogens is 488 g/mol. The molecule has 0 bridgehead atoms. The zero-order valence-electron chi connectivity index (χ0n) is 17.6. The van der Waals surface area contributed by atoms with Gasteiger partial charge >= 0.3 is 0 Å². The van der Waals surface area contributed by atoms with Crippen molar-refractivity contribution in [2.24, 2.45) is 5.10 Å². The Hall–Kier alpha value is -2.27. The fourth-order valence-corrected chi connectivity index (χ4v) is 5.37. The van der Waals surface area contributed by atoms with Gasteiger partial charge in [0.25, 0.3) is 5.91 Å². The van der Waals surface area contributed by atoms with Crippen molar-refractivity contribution in [3.05, 3.63) is 58.6 Å². The molecule has 0 atom stereocenters. The van der Waals surface area contributed by atoms with E-state index in [0.29, 0.717) is 17.2 Å². The molecule has 0 unspecified atom stereocenters. The maximum absolute atomic E-state index is 12.2. The number of hydrazone groups is 1. The van der Waals surface area contributed by atoms with Crippen molar-refractivity contribution in [3.8, 4) is 11.5 Å². The summed E-state index contributed by atoms with van der Waals surface area (Å²) < 4.78 is 12.1. The van der Waals surface area contributed by atoms with E-state index < -0.39 is 0 Å². The second kappa shape index (κ2) is 12.1. The van der Waals surface area contributed by atoms with Gasteiger partial charge in [-0.3, -0.25) is 4.79 Å². The number of carbonyl (C=O) groups is 1. The van der Waals surface area contributed by atoms with Gasteiger partial charge in [-0.05, 0) is 42.8 Å². The molecule has 1 N–H and O–H groups in total. The van der Waals surface area contributed by atoms with Crippen LogP contribution in [0.2, 0.25) is 5.02 Å². The molecule has 11 heteroatoms. The van der Waals surface area contributed by atoms with E-state index in [1.165, 1.54) is 23.1 Å². The number of methoxy groups -OCH3 is 2. The lowest BCUT2D eigenvalue weighted by Gasteiger charge is -2.09. The van der Waals surface area contributed by atoms with Crippen LogP contribution in [-0.2, 0) is 10.5 Å². The number of hydrogen-bond donors (Lipinski definition) is 1. The summed E-state index contributed by atoms with van der Waals surface area (Å²) >= 11 is 10.3. The van der Waals surface area contributed by atoms with Crippen LogP contribution in [0.1, 0.15) is 18.1 Å². The van der Waals surface area contributed by atoms with E-state index in [9.17, 15) is 4.79 Å². The van der Waals surface area contributed by atoms with Crippen molar-refractivity contribution >= 4 is 58.1 Å². The molecule has 32 heavy (non-hydrogen) atoms. The average molecular weight is 509 g/mol. The van der Waals surface area contributed by atoms with Gasteiger partial charge in [0.2, 0.25) is 0 Å². The largest absolute Gasteiger partial charge is 0.493 e. The molecule has 0 spiro atoms. The quantitative estimate of drug-likeness (QED) is 0.231. The Morgan fingerprint density at radius 3 is 2.44 bits per heavy atom. The number of hydrogen-bond acceptors (Lipinski definition) is 9. The highest BCUT2D eigenvalue weighted by atomic mass is 35.5. The molecule has 1 amide bonds. The highest BCUT2D eigenvalue weighted by molar-refractivity contribution is 8.03. The monoisotopic (exact) mass is 508 g/mol. The van der Waals surface area contributed by atoms with Gasteiger partial charge in [-0.2, -0.15) is 5.10 Å². The van der Waals surface area contributed by atoms with Crippen LogP contribution in [0.25, 0.3) is 0 Å². The number of nitrogens with zero attached hydrogens (tertiary/aromatic N) is 3. The van der Waals surface area contributed by atoms with Gasteiger partial charge in [0.15, 0.2) is 20.2 Å². The van der Waals surface area contributed by atoms with Gasteiger partial charge in [-0.1, -0.05) is 58.6 Å². The van der Waals surface area contributed by atoms with Crippen LogP contribution in [0.5, 0.6) is 11.5 Å². The van der Waals surface area contributed by atoms with Crippen LogP contribution in [0.15, 0.2) is 56.2 Å². The Labute approximate surface area is 204 Å². The first kappa shape index (κ1) is 24.4. The number of rotatable bonds is 10. The Bertz CT molecular complexity index is 1090. The van der Waals surface area contributed by atoms with Crippen molar-refractivity contribution in [2.45, 2.75) is 21.4 Å². The smallest absolute Gasteiger partial charge is 0.250 e. The van der Waals surface area contributed by atoms with Crippen molar-refractivity contribution in [3.63, 3.8) is 0 Å². The molecule has 1 heterocycles. The van der Waals surface area contributed by atoms with Gasteiger partial charge in [0.1, 0.15) is 0 Å². The molecule has 0 fully saturated rings. The standard InChI is InChI=1S/C21H21ClN4O3S3/c1-13(15-6-9-17(28-2)18(10-15)29-3)23-24-19(27)12-31-21-26-25-20(32-21)30-11-14-4-7-16(22)8-5-14/h4-10H,11-12H2,1-3H3,(H,24,27)/b23-13-. The molecule has 3 rings (SSSR count). The molecule has 2 aromatic carbocycles. The third kappa shape index (κ3) is 7.13. The minimum Gasteiger partial charge on any atom is -0.493 e. The van der Waals surface area contributed by atoms with Crippen LogP contribution >= 0.6 is 46.5 Å². The summed E-state index contributed by atoms with van der Waals surface area (Å²) in [5, 5.41) is 13.2. The number of nitrogens with one attached hydrogen (secondary N) is 1. The molecule has 168 valence electrons. The Balaban J connectivity index is 1.47. The highest BCUT2D eigenvalue weighted by Gasteiger charge is 2.10. The third-order valence-corrected chi connectivity index (χ3v) is 7.65. The number of benzene rings is 2. The zero-order valence-corrected chi connectivity index (χ0v) is 20.8. The predicted molar refractivity (Wildman–Crippen MR) is 132 cm³/mol. The SMILES string of the molecule is COc1ccc(/C(C)=N\NC(=O)CSc2nnc(SCc3ccc(Cl)cc3)s2)cc1OC. The number of ether oxygens (including phenoxy) is 2. The molecular formula is C21H21ClN4O3S3. The molecule has 0 aliphatic carbocycles. The zero-order chi connectivity index (χ0) is 22.9. The van der Waals surface area contributed by atoms with Crippen molar-refractivity contribution in [2.75, 3.05) is 20.0 Å². The fraction of sp³-hybridized carbons (Fsp3) is 0.238. The van der Waals surface area contributed by atoms with Crippen molar-refractivity contribution in [1.29, 1.82) is 0 Å².